The van der Waals surface area contributed by atoms with Gasteiger partial charge in [0, 0.05) is 44.5 Å². The van der Waals surface area contributed by atoms with Crippen molar-refractivity contribution >= 4 is 10.0 Å². The van der Waals surface area contributed by atoms with Crippen molar-refractivity contribution < 1.29 is 17.9 Å². The van der Waals surface area contributed by atoms with Gasteiger partial charge in [0.05, 0.1) is 30.2 Å². The molecule has 186 valence electrons. The second-order valence-electron chi connectivity index (χ2n) is 9.40. The second-order valence-corrected chi connectivity index (χ2v) is 11.3. The SMILES string of the molecule is CC(C)n1ncnc1-c1cn2c(n1)-c1cc(S(=O)(=O)N3CC(N4CCOCC4)C3)ccc1OCC2. The zero-order valence-electron chi connectivity index (χ0n) is 19.9. The van der Waals surface area contributed by atoms with Crippen LogP contribution >= 0.6 is 0 Å². The second kappa shape index (κ2) is 8.70. The molecule has 5 heterocycles. The van der Waals surface area contributed by atoms with Crippen LogP contribution in [0.25, 0.3) is 22.9 Å². The summed E-state index contributed by atoms with van der Waals surface area (Å²) in [5.41, 5.74) is 1.36. The van der Waals surface area contributed by atoms with Gasteiger partial charge in [0.15, 0.2) is 5.82 Å². The topological polar surface area (TPSA) is 108 Å². The molecule has 0 bridgehead atoms. The molecular formula is C23H29N7O4S. The van der Waals surface area contributed by atoms with Crippen LogP contribution in [0.4, 0.5) is 0 Å². The lowest BCUT2D eigenvalue weighted by Crippen LogP contribution is -2.62. The van der Waals surface area contributed by atoms with Crippen LogP contribution in [0.2, 0.25) is 0 Å². The number of nitrogens with zero attached hydrogens (tertiary/aromatic N) is 7. The maximum atomic E-state index is 13.4. The van der Waals surface area contributed by atoms with Crippen LogP contribution in [0.3, 0.4) is 0 Å². The van der Waals surface area contributed by atoms with Gasteiger partial charge in [0.25, 0.3) is 0 Å². The monoisotopic (exact) mass is 499 g/mol. The lowest BCUT2D eigenvalue weighted by atomic mass is 10.1. The smallest absolute Gasteiger partial charge is 0.243 e. The zero-order valence-corrected chi connectivity index (χ0v) is 20.7. The van der Waals surface area contributed by atoms with Gasteiger partial charge >= 0.3 is 0 Å². The molecule has 3 aromatic rings. The third kappa shape index (κ3) is 3.94. The molecule has 0 aliphatic carbocycles. The molecule has 11 nitrogen and oxygen atoms in total. The highest BCUT2D eigenvalue weighted by atomic mass is 32.2. The first-order chi connectivity index (χ1) is 16.9. The summed E-state index contributed by atoms with van der Waals surface area (Å²) in [5.74, 6) is 1.97. The van der Waals surface area contributed by atoms with Crippen molar-refractivity contribution in [2.45, 2.75) is 37.4 Å². The number of sulfonamides is 1. The third-order valence-electron chi connectivity index (χ3n) is 6.88. The molecule has 0 saturated carbocycles. The first kappa shape index (κ1) is 22.7. The summed E-state index contributed by atoms with van der Waals surface area (Å²) in [7, 11) is -3.62. The fourth-order valence-corrected chi connectivity index (χ4v) is 6.42. The Labute approximate surface area is 204 Å². The normalized spacial score (nSPS) is 19.6. The predicted molar refractivity (Wildman–Crippen MR) is 127 cm³/mol. The van der Waals surface area contributed by atoms with Crippen molar-refractivity contribution in [3.05, 3.63) is 30.7 Å². The number of imidazole rings is 1. The predicted octanol–water partition coefficient (Wildman–Crippen LogP) is 1.49. The first-order valence-electron chi connectivity index (χ1n) is 12.0. The summed E-state index contributed by atoms with van der Waals surface area (Å²) in [6.45, 7) is 9.26. The molecular weight excluding hydrogens is 470 g/mol. The van der Waals surface area contributed by atoms with Crippen LogP contribution in [0, 0.1) is 0 Å². The van der Waals surface area contributed by atoms with Gasteiger partial charge < -0.3 is 14.0 Å². The summed E-state index contributed by atoms with van der Waals surface area (Å²) in [6, 6.07) is 5.44. The highest BCUT2D eigenvalue weighted by molar-refractivity contribution is 7.89. The number of rotatable bonds is 5. The van der Waals surface area contributed by atoms with Gasteiger partial charge in [-0.1, -0.05) is 0 Å². The molecule has 6 rings (SSSR count). The van der Waals surface area contributed by atoms with E-state index < -0.39 is 10.0 Å². The fraction of sp³-hybridized carbons (Fsp3) is 0.522. The molecule has 0 amide bonds. The van der Waals surface area contributed by atoms with E-state index in [2.05, 4.69) is 15.0 Å². The van der Waals surface area contributed by atoms with E-state index in [1.165, 1.54) is 6.33 Å². The van der Waals surface area contributed by atoms with Gasteiger partial charge in [-0.25, -0.2) is 23.1 Å². The first-order valence-corrected chi connectivity index (χ1v) is 13.4. The van der Waals surface area contributed by atoms with Crippen LogP contribution in [-0.2, 0) is 21.3 Å². The van der Waals surface area contributed by atoms with Crippen molar-refractivity contribution in [2.24, 2.45) is 0 Å². The molecule has 2 fully saturated rings. The Bertz CT molecular complexity index is 1340. The van der Waals surface area contributed by atoms with Crippen LogP contribution in [-0.4, -0.2) is 94.0 Å². The van der Waals surface area contributed by atoms with E-state index in [0.717, 1.165) is 13.1 Å². The van der Waals surface area contributed by atoms with Gasteiger partial charge in [-0.05, 0) is 32.0 Å². The number of hydrogen-bond donors (Lipinski definition) is 0. The molecule has 3 aliphatic rings. The Hall–Kier alpha value is -2.80. The molecule has 0 unspecified atom stereocenters. The minimum Gasteiger partial charge on any atom is -0.491 e. The van der Waals surface area contributed by atoms with Crippen molar-refractivity contribution in [3.63, 3.8) is 0 Å². The minimum atomic E-state index is -3.62. The highest BCUT2D eigenvalue weighted by Crippen LogP contribution is 2.37. The van der Waals surface area contributed by atoms with Crippen LogP contribution in [0.15, 0.2) is 35.6 Å². The lowest BCUT2D eigenvalue weighted by Gasteiger charge is -2.45. The standard InChI is InChI=1S/C23H29N7O4S/c1-16(2)30-23(24-15-25-30)20-14-28-7-10-34-21-4-3-18(11-19(21)22(28)26-20)35(31,32)29-12-17(13-29)27-5-8-33-9-6-27/h3-4,11,14-17H,5-10,12-13H2,1-2H3. The summed E-state index contributed by atoms with van der Waals surface area (Å²) < 4.78 is 43.6. The molecule has 2 saturated heterocycles. The van der Waals surface area contributed by atoms with Gasteiger partial charge in [-0.2, -0.15) is 9.40 Å². The number of fused-ring (bicyclic) bond motifs is 3. The molecule has 0 N–H and O–H groups in total. The average molecular weight is 500 g/mol. The number of ether oxygens (including phenoxy) is 2. The summed E-state index contributed by atoms with van der Waals surface area (Å²) in [5, 5.41) is 4.32. The van der Waals surface area contributed by atoms with E-state index in [-0.39, 0.29) is 17.0 Å². The van der Waals surface area contributed by atoms with E-state index >= 15 is 0 Å². The summed E-state index contributed by atoms with van der Waals surface area (Å²) in [4.78, 5) is 11.8. The van der Waals surface area contributed by atoms with Crippen molar-refractivity contribution in [1.29, 1.82) is 0 Å². The van der Waals surface area contributed by atoms with Crippen molar-refractivity contribution in [3.8, 4) is 28.7 Å². The Morgan fingerprint density at radius 1 is 1.06 bits per heavy atom. The Morgan fingerprint density at radius 2 is 1.86 bits per heavy atom. The lowest BCUT2D eigenvalue weighted by molar-refractivity contribution is -0.0116. The van der Waals surface area contributed by atoms with Crippen molar-refractivity contribution in [2.75, 3.05) is 46.0 Å². The van der Waals surface area contributed by atoms with Gasteiger partial charge in [-0.3, -0.25) is 4.90 Å². The van der Waals surface area contributed by atoms with E-state index in [0.29, 0.717) is 68.1 Å². The van der Waals surface area contributed by atoms with Crippen LogP contribution < -0.4 is 4.74 Å². The molecule has 35 heavy (non-hydrogen) atoms. The summed E-state index contributed by atoms with van der Waals surface area (Å²) >= 11 is 0. The average Bonchev–Trinajstić information content (AvgIpc) is 3.43. The Kier molecular flexibility index (Phi) is 5.63. The zero-order chi connectivity index (χ0) is 24.2. The number of aromatic nitrogens is 5. The molecule has 0 radical (unpaired) electrons. The molecule has 1 aromatic carbocycles. The van der Waals surface area contributed by atoms with Gasteiger partial charge in [0.1, 0.15) is 30.2 Å². The summed E-state index contributed by atoms with van der Waals surface area (Å²) in [6.07, 6.45) is 3.46. The van der Waals surface area contributed by atoms with Crippen LogP contribution in [0.5, 0.6) is 5.75 Å². The van der Waals surface area contributed by atoms with E-state index in [9.17, 15) is 8.42 Å². The van der Waals surface area contributed by atoms with Crippen LogP contribution in [0.1, 0.15) is 19.9 Å². The van der Waals surface area contributed by atoms with E-state index in [4.69, 9.17) is 14.5 Å². The fourth-order valence-electron chi connectivity index (χ4n) is 4.88. The number of benzene rings is 1. The van der Waals surface area contributed by atoms with Crippen molar-refractivity contribution in [1.82, 2.24) is 33.5 Å². The highest BCUT2D eigenvalue weighted by Gasteiger charge is 2.40. The largest absolute Gasteiger partial charge is 0.491 e. The molecule has 0 atom stereocenters. The molecule has 0 spiro atoms. The molecule has 12 heteroatoms. The maximum Gasteiger partial charge on any atom is 0.243 e. The minimum absolute atomic E-state index is 0.138. The maximum absolute atomic E-state index is 13.4. The third-order valence-corrected chi connectivity index (χ3v) is 8.71. The van der Waals surface area contributed by atoms with Gasteiger partial charge in [0.2, 0.25) is 10.0 Å². The molecule has 2 aromatic heterocycles. The Morgan fingerprint density at radius 3 is 2.63 bits per heavy atom. The quantitative estimate of drug-likeness (QED) is 0.520. The van der Waals surface area contributed by atoms with E-state index in [1.807, 2.05) is 29.3 Å². The Balaban J connectivity index is 1.31. The number of morpholine rings is 1. The van der Waals surface area contributed by atoms with Gasteiger partial charge in [-0.15, -0.1) is 0 Å². The molecule has 3 aliphatic heterocycles. The number of hydrogen-bond acceptors (Lipinski definition) is 8. The van der Waals surface area contributed by atoms with E-state index in [1.54, 1.807) is 22.5 Å².